The number of benzene rings is 1. The lowest BCUT2D eigenvalue weighted by molar-refractivity contribution is 0.0697. The average molecular weight is 278 g/mol. The van der Waals surface area contributed by atoms with E-state index in [2.05, 4.69) is 24.1 Å². The zero-order chi connectivity index (χ0) is 15.0. The number of carboxylic acid groups (broad SMARTS) is 1. The molecule has 0 aliphatic carbocycles. The summed E-state index contributed by atoms with van der Waals surface area (Å²) >= 11 is 0. The molecule has 0 aliphatic rings. The molecule has 2 N–H and O–H groups in total. The predicted octanol–water partition coefficient (Wildman–Crippen LogP) is 1.85. The third-order valence-corrected chi connectivity index (χ3v) is 3.20. The van der Waals surface area contributed by atoms with E-state index >= 15 is 0 Å². The molecule has 5 heteroatoms. The van der Waals surface area contributed by atoms with Crippen molar-refractivity contribution >= 4 is 11.9 Å². The maximum Gasteiger partial charge on any atom is 0.335 e. The van der Waals surface area contributed by atoms with Crippen molar-refractivity contribution in [3.05, 3.63) is 35.4 Å². The normalized spacial score (nSPS) is 10.6. The molecular weight excluding hydrogens is 256 g/mol. The van der Waals surface area contributed by atoms with Crippen LogP contribution in [0, 0.1) is 0 Å². The number of carbonyl (C=O) groups excluding carboxylic acids is 1. The first-order valence-electron chi connectivity index (χ1n) is 6.92. The second-order valence-corrected chi connectivity index (χ2v) is 4.52. The summed E-state index contributed by atoms with van der Waals surface area (Å²) in [4.78, 5) is 25.0. The largest absolute Gasteiger partial charge is 0.478 e. The molecule has 1 aromatic carbocycles. The van der Waals surface area contributed by atoms with Crippen molar-refractivity contribution in [1.82, 2.24) is 10.2 Å². The van der Waals surface area contributed by atoms with E-state index in [4.69, 9.17) is 5.11 Å². The minimum atomic E-state index is -1.03. The number of hydrogen-bond acceptors (Lipinski definition) is 3. The number of nitrogens with one attached hydrogen (secondary N) is 1. The summed E-state index contributed by atoms with van der Waals surface area (Å²) in [6.07, 6.45) is 0.881. The molecule has 1 amide bonds. The molecule has 0 aliphatic heterocycles. The monoisotopic (exact) mass is 278 g/mol. The molecule has 0 atom stereocenters. The van der Waals surface area contributed by atoms with Gasteiger partial charge in [-0.15, -0.1) is 0 Å². The summed E-state index contributed by atoms with van der Waals surface area (Å²) in [5.74, 6) is -1.26. The number of hydrogen-bond donors (Lipinski definition) is 2. The summed E-state index contributed by atoms with van der Waals surface area (Å²) in [6.45, 7) is 7.77. The minimum absolute atomic E-state index is 0.126. The topological polar surface area (TPSA) is 69.6 Å². The Morgan fingerprint density at radius 2 is 1.85 bits per heavy atom. The zero-order valence-electron chi connectivity index (χ0n) is 12.1. The molecule has 0 bridgehead atoms. The highest BCUT2D eigenvalue weighted by atomic mass is 16.4. The maximum absolute atomic E-state index is 11.9. The van der Waals surface area contributed by atoms with Crippen molar-refractivity contribution in [2.45, 2.75) is 20.3 Å². The van der Waals surface area contributed by atoms with E-state index in [1.165, 1.54) is 12.1 Å². The van der Waals surface area contributed by atoms with Crippen molar-refractivity contribution in [3.8, 4) is 0 Å². The highest BCUT2D eigenvalue weighted by Gasteiger charge is 2.09. The maximum atomic E-state index is 11.9. The molecule has 0 fully saturated rings. The van der Waals surface area contributed by atoms with Crippen LogP contribution in [0.1, 0.15) is 41.0 Å². The zero-order valence-corrected chi connectivity index (χ0v) is 12.1. The van der Waals surface area contributed by atoms with Crippen LogP contribution in [0.4, 0.5) is 0 Å². The lowest BCUT2D eigenvalue weighted by atomic mass is 10.1. The van der Waals surface area contributed by atoms with Crippen LogP contribution in [0.25, 0.3) is 0 Å². The Labute approximate surface area is 119 Å². The summed E-state index contributed by atoms with van der Waals surface area (Å²) in [5, 5.41) is 11.7. The van der Waals surface area contributed by atoms with Crippen molar-refractivity contribution in [2.75, 3.05) is 26.2 Å². The van der Waals surface area contributed by atoms with Crippen molar-refractivity contribution < 1.29 is 14.7 Å². The molecule has 5 nitrogen and oxygen atoms in total. The van der Waals surface area contributed by atoms with E-state index in [9.17, 15) is 9.59 Å². The lowest BCUT2D eigenvalue weighted by Gasteiger charge is -2.17. The fourth-order valence-electron chi connectivity index (χ4n) is 1.94. The van der Waals surface area contributed by atoms with E-state index in [0.29, 0.717) is 12.1 Å². The van der Waals surface area contributed by atoms with E-state index in [1.54, 1.807) is 12.1 Å². The van der Waals surface area contributed by atoms with Crippen LogP contribution in [0.15, 0.2) is 24.3 Å². The Hall–Kier alpha value is -1.88. The molecule has 0 spiro atoms. The van der Waals surface area contributed by atoms with Crippen LogP contribution in [0.3, 0.4) is 0 Å². The van der Waals surface area contributed by atoms with Crippen LogP contribution < -0.4 is 5.32 Å². The van der Waals surface area contributed by atoms with Crippen molar-refractivity contribution in [1.29, 1.82) is 0 Å². The second-order valence-electron chi connectivity index (χ2n) is 4.52. The first kappa shape index (κ1) is 16.2. The Morgan fingerprint density at radius 3 is 2.45 bits per heavy atom. The molecule has 0 radical (unpaired) electrons. The molecule has 20 heavy (non-hydrogen) atoms. The van der Waals surface area contributed by atoms with Gasteiger partial charge in [-0.3, -0.25) is 4.79 Å². The van der Waals surface area contributed by atoms with Gasteiger partial charge in [0.1, 0.15) is 0 Å². The molecule has 0 aromatic heterocycles. The molecule has 0 heterocycles. The molecule has 0 saturated heterocycles. The van der Waals surface area contributed by atoms with E-state index in [0.717, 1.165) is 26.1 Å². The van der Waals surface area contributed by atoms with Gasteiger partial charge >= 0.3 is 5.97 Å². The number of carboxylic acids is 1. The van der Waals surface area contributed by atoms with Gasteiger partial charge in [0.05, 0.1) is 5.56 Å². The summed E-state index contributed by atoms with van der Waals surface area (Å²) in [6, 6.07) is 6.06. The summed E-state index contributed by atoms with van der Waals surface area (Å²) in [5.41, 5.74) is 0.508. The van der Waals surface area contributed by atoms with Gasteiger partial charge in [-0.2, -0.15) is 0 Å². The Balaban J connectivity index is 2.43. The molecule has 110 valence electrons. The second kappa shape index (κ2) is 8.32. The molecule has 1 rings (SSSR count). The number of nitrogens with zero attached hydrogens (tertiary/aromatic N) is 1. The number of aromatic carboxylic acids is 1. The molecule has 0 saturated carbocycles. The van der Waals surface area contributed by atoms with Crippen molar-refractivity contribution in [3.63, 3.8) is 0 Å². The summed E-state index contributed by atoms with van der Waals surface area (Å²) in [7, 11) is 0. The van der Waals surface area contributed by atoms with Gasteiger partial charge in [0, 0.05) is 12.1 Å². The Morgan fingerprint density at radius 1 is 1.20 bits per heavy atom. The van der Waals surface area contributed by atoms with Gasteiger partial charge in [-0.25, -0.2) is 4.79 Å². The molecule has 0 unspecified atom stereocenters. The van der Waals surface area contributed by atoms with Gasteiger partial charge in [0.15, 0.2) is 0 Å². The minimum Gasteiger partial charge on any atom is -0.478 e. The molecule has 1 aromatic rings. The van der Waals surface area contributed by atoms with Crippen LogP contribution >= 0.6 is 0 Å². The highest BCUT2D eigenvalue weighted by molar-refractivity contribution is 5.97. The van der Waals surface area contributed by atoms with E-state index in [1.807, 2.05) is 0 Å². The lowest BCUT2D eigenvalue weighted by Crippen LogP contribution is -2.30. The first-order chi connectivity index (χ1) is 9.58. The van der Waals surface area contributed by atoms with E-state index < -0.39 is 5.97 Å². The van der Waals surface area contributed by atoms with Crippen LogP contribution in [0.5, 0.6) is 0 Å². The quantitative estimate of drug-likeness (QED) is 0.712. The van der Waals surface area contributed by atoms with Crippen LogP contribution in [0.2, 0.25) is 0 Å². The third-order valence-electron chi connectivity index (χ3n) is 3.20. The smallest absolute Gasteiger partial charge is 0.335 e. The molecular formula is C15H22N2O3. The summed E-state index contributed by atoms with van der Waals surface area (Å²) < 4.78 is 0. The fraction of sp³-hybridized carbons (Fsp3) is 0.467. The van der Waals surface area contributed by atoms with Crippen LogP contribution in [-0.2, 0) is 0 Å². The predicted molar refractivity (Wildman–Crippen MR) is 78.1 cm³/mol. The van der Waals surface area contributed by atoms with Gasteiger partial charge in [0.2, 0.25) is 0 Å². The SMILES string of the molecule is CCN(CC)CCCNC(=O)c1cccc(C(=O)O)c1. The number of amides is 1. The highest BCUT2D eigenvalue weighted by Crippen LogP contribution is 2.05. The van der Waals surface area contributed by atoms with Gasteiger partial charge in [-0.05, 0) is 44.3 Å². The standard InChI is InChI=1S/C15H22N2O3/c1-3-17(4-2)10-6-9-16-14(18)12-7-5-8-13(11-12)15(19)20/h5,7-8,11H,3-4,6,9-10H2,1-2H3,(H,16,18)(H,19,20). The van der Waals surface area contributed by atoms with Crippen LogP contribution in [-0.4, -0.2) is 48.1 Å². The van der Waals surface area contributed by atoms with Gasteiger partial charge < -0.3 is 15.3 Å². The van der Waals surface area contributed by atoms with Crippen molar-refractivity contribution in [2.24, 2.45) is 0 Å². The van der Waals surface area contributed by atoms with Gasteiger partial charge in [0.25, 0.3) is 5.91 Å². The van der Waals surface area contributed by atoms with Gasteiger partial charge in [-0.1, -0.05) is 19.9 Å². The Kier molecular flexibility index (Phi) is 6.73. The third kappa shape index (κ3) is 5.01. The van der Waals surface area contributed by atoms with E-state index in [-0.39, 0.29) is 11.5 Å². The number of carbonyl (C=O) groups is 2. The average Bonchev–Trinajstić information content (AvgIpc) is 2.47. The Bertz CT molecular complexity index is 456. The number of rotatable bonds is 8. The fourth-order valence-corrected chi connectivity index (χ4v) is 1.94. The first-order valence-corrected chi connectivity index (χ1v) is 6.92.